The molecule has 0 saturated carbocycles. The predicted octanol–water partition coefficient (Wildman–Crippen LogP) is 4.39. The molecule has 0 aromatic heterocycles. The third-order valence-electron chi connectivity index (χ3n) is 4.46. The molecule has 0 fully saturated rings. The number of thioether (sulfide) groups is 1. The van der Waals surface area contributed by atoms with Crippen molar-refractivity contribution >= 4 is 35.3 Å². The van der Waals surface area contributed by atoms with Gasteiger partial charge in [0, 0.05) is 17.8 Å². The number of carbonyl (C=O) groups is 1. The van der Waals surface area contributed by atoms with Gasteiger partial charge in [-0.25, -0.2) is 9.41 Å². The first-order valence-electron chi connectivity index (χ1n) is 8.38. The summed E-state index contributed by atoms with van der Waals surface area (Å²) in [5, 5.41) is 3.09. The van der Waals surface area contributed by atoms with Crippen molar-refractivity contribution in [3.8, 4) is 0 Å². The number of nitrogens with zero attached hydrogens (tertiary/aromatic N) is 2. The maximum Gasteiger partial charge on any atom is 0.416 e. The normalized spacial score (nSPS) is 22.7. The summed E-state index contributed by atoms with van der Waals surface area (Å²) < 4.78 is 85.0. The van der Waals surface area contributed by atoms with Crippen molar-refractivity contribution in [1.82, 2.24) is 9.74 Å². The minimum Gasteiger partial charge on any atom is -0.434 e. The zero-order chi connectivity index (χ0) is 22.3. The van der Waals surface area contributed by atoms with Gasteiger partial charge in [-0.2, -0.15) is 26.3 Å². The third-order valence-corrected chi connectivity index (χ3v) is 5.32. The minimum absolute atomic E-state index is 0.00415. The largest absolute Gasteiger partial charge is 0.434 e. The van der Waals surface area contributed by atoms with E-state index in [0.29, 0.717) is 12.1 Å². The number of hydrogen-bond donors (Lipinski definition) is 1. The lowest BCUT2D eigenvalue weighted by molar-refractivity contribution is -0.143. The molecule has 2 unspecified atom stereocenters. The van der Waals surface area contributed by atoms with E-state index in [0.717, 1.165) is 16.2 Å². The lowest BCUT2D eigenvalue weighted by atomic mass is 9.90. The number of halogens is 7. The zero-order valence-corrected chi connectivity index (χ0v) is 16.7. The van der Waals surface area contributed by atoms with Gasteiger partial charge in [-0.3, -0.25) is 10.1 Å². The van der Waals surface area contributed by atoms with Gasteiger partial charge < -0.3 is 4.74 Å². The number of carbonyl (C=O) groups excluding carboxylic acids is 1. The van der Waals surface area contributed by atoms with E-state index >= 15 is 0 Å². The van der Waals surface area contributed by atoms with Crippen molar-refractivity contribution in [3.05, 3.63) is 46.2 Å². The van der Waals surface area contributed by atoms with Gasteiger partial charge in [0.2, 0.25) is 5.90 Å². The fourth-order valence-electron chi connectivity index (χ4n) is 3.10. The van der Waals surface area contributed by atoms with Gasteiger partial charge in [-0.15, -0.1) is 0 Å². The average molecular weight is 474 g/mol. The van der Waals surface area contributed by atoms with Crippen LogP contribution in [0.25, 0.3) is 0 Å². The summed E-state index contributed by atoms with van der Waals surface area (Å²) in [7, 11) is 0. The summed E-state index contributed by atoms with van der Waals surface area (Å²) in [6.07, 6.45) is -7.35. The number of hydrogen-bond acceptors (Lipinski definition) is 5. The molecule has 2 heterocycles. The fraction of sp³-hybridized carbons (Fsp3) is 0.412. The van der Waals surface area contributed by atoms with Gasteiger partial charge in [-0.1, -0.05) is 11.8 Å². The molecular formula is C17H14ClF6N3O2S. The Hall–Kier alpha value is -1.92. The Morgan fingerprint density at radius 2 is 1.80 bits per heavy atom. The summed E-state index contributed by atoms with van der Waals surface area (Å²) in [4.78, 5) is 16.7. The highest BCUT2D eigenvalue weighted by Gasteiger charge is 2.42. The van der Waals surface area contributed by atoms with Gasteiger partial charge >= 0.3 is 12.4 Å². The molecule has 164 valence electrons. The summed E-state index contributed by atoms with van der Waals surface area (Å²) >= 11 is 7.08. The highest BCUT2D eigenvalue weighted by molar-refractivity contribution is 8.02. The van der Waals surface area contributed by atoms with Crippen LogP contribution in [-0.2, 0) is 28.3 Å². The van der Waals surface area contributed by atoms with Crippen molar-refractivity contribution in [2.75, 3.05) is 12.9 Å². The number of amides is 1. The number of rotatable bonds is 3. The number of benzene rings is 1. The van der Waals surface area contributed by atoms with Gasteiger partial charge in [0.15, 0.2) is 5.09 Å². The minimum atomic E-state index is -4.96. The van der Waals surface area contributed by atoms with Crippen LogP contribution >= 0.6 is 23.5 Å². The number of ether oxygens (including phenoxy) is 1. The molecule has 5 nitrogen and oxygen atoms in total. The highest BCUT2D eigenvalue weighted by atomic mass is 35.5. The smallest absolute Gasteiger partial charge is 0.416 e. The second kappa shape index (κ2) is 8.31. The first-order chi connectivity index (χ1) is 13.9. The van der Waals surface area contributed by atoms with Crippen molar-refractivity contribution < 1.29 is 35.9 Å². The molecule has 1 aromatic rings. The van der Waals surface area contributed by atoms with Crippen LogP contribution in [0.15, 0.2) is 34.5 Å². The van der Waals surface area contributed by atoms with Crippen molar-refractivity contribution in [2.45, 2.75) is 24.8 Å². The molecule has 1 amide bonds. The van der Waals surface area contributed by atoms with Crippen molar-refractivity contribution in [1.29, 1.82) is 0 Å². The van der Waals surface area contributed by atoms with Crippen molar-refractivity contribution in [3.63, 3.8) is 0 Å². The molecule has 1 N–H and O–H groups in total. The molecule has 2 aliphatic heterocycles. The highest BCUT2D eigenvalue weighted by Crippen LogP contribution is 2.37. The second-order valence-corrected chi connectivity index (χ2v) is 7.64. The van der Waals surface area contributed by atoms with Crippen LogP contribution < -0.4 is 5.32 Å². The van der Waals surface area contributed by atoms with Crippen LogP contribution in [0.4, 0.5) is 26.3 Å². The Bertz CT molecular complexity index is 870. The number of aliphatic imine (C=N–C) groups is 1. The maximum absolute atomic E-state index is 13.1. The number of nitrogens with one attached hydrogen (secondary N) is 1. The SMILES string of the molecule is CSC1=CN(Cl)C(=O)C2C(=NCNC2Cc2cc(C(F)(F)F)cc(C(F)(F)F)c2)O1. The van der Waals surface area contributed by atoms with E-state index in [-0.39, 0.29) is 35.7 Å². The number of alkyl halides is 6. The average Bonchev–Trinajstić information content (AvgIpc) is 2.77. The van der Waals surface area contributed by atoms with E-state index in [1.54, 1.807) is 6.26 Å². The van der Waals surface area contributed by atoms with E-state index in [1.165, 1.54) is 6.20 Å². The van der Waals surface area contributed by atoms with E-state index in [1.807, 2.05) is 0 Å². The molecule has 0 aliphatic carbocycles. The van der Waals surface area contributed by atoms with Crippen molar-refractivity contribution in [2.24, 2.45) is 10.9 Å². The van der Waals surface area contributed by atoms with Gasteiger partial charge in [0.05, 0.1) is 24.0 Å². The summed E-state index contributed by atoms with van der Waals surface area (Å²) in [6, 6.07) is 0.438. The van der Waals surface area contributed by atoms with Crippen LogP contribution in [0.5, 0.6) is 0 Å². The van der Waals surface area contributed by atoms with E-state index in [4.69, 9.17) is 16.5 Å². The summed E-state index contributed by atoms with van der Waals surface area (Å²) in [6.45, 7) is -0.0290. The predicted molar refractivity (Wildman–Crippen MR) is 98.2 cm³/mol. The molecule has 13 heteroatoms. The topological polar surface area (TPSA) is 53.9 Å². The van der Waals surface area contributed by atoms with Gasteiger partial charge in [-0.05, 0) is 36.4 Å². The number of fused-ring (bicyclic) bond motifs is 1. The quantitative estimate of drug-likeness (QED) is 0.523. The molecule has 1 aromatic carbocycles. The van der Waals surface area contributed by atoms with Crippen LogP contribution in [0.1, 0.15) is 16.7 Å². The van der Waals surface area contributed by atoms with E-state index < -0.39 is 41.3 Å². The summed E-state index contributed by atoms with van der Waals surface area (Å²) in [5.41, 5.74) is -3.09. The molecule has 3 rings (SSSR count). The third kappa shape index (κ3) is 4.86. The Balaban J connectivity index is 1.96. The molecule has 2 aliphatic rings. The standard InChI is InChI=1S/C17H14ClF6N3O2S/c1-30-12-6-27(18)15(28)13-11(25-7-26-14(13)29-12)4-8-2-9(16(19,20)21)5-10(3-8)17(22,23)24/h2-3,5-6,11,13,25H,4,7H2,1H3. The molecule has 0 radical (unpaired) electrons. The molecular weight excluding hydrogens is 460 g/mol. The van der Waals surface area contributed by atoms with E-state index in [2.05, 4.69) is 10.3 Å². The van der Waals surface area contributed by atoms with Crippen LogP contribution in [0, 0.1) is 5.92 Å². The molecule has 0 saturated heterocycles. The van der Waals surface area contributed by atoms with Crippen LogP contribution in [0.3, 0.4) is 0 Å². The Morgan fingerprint density at radius 3 is 2.33 bits per heavy atom. The Labute approximate surface area is 176 Å². The fourth-order valence-corrected chi connectivity index (χ4v) is 3.73. The Morgan fingerprint density at radius 1 is 1.20 bits per heavy atom. The van der Waals surface area contributed by atoms with Crippen LogP contribution in [-0.4, -0.2) is 35.2 Å². The van der Waals surface area contributed by atoms with E-state index in [9.17, 15) is 31.1 Å². The summed E-state index contributed by atoms with van der Waals surface area (Å²) in [5.74, 6) is -1.80. The first kappa shape index (κ1) is 22.8. The monoisotopic (exact) mass is 473 g/mol. The van der Waals surface area contributed by atoms with Crippen LogP contribution in [0.2, 0.25) is 0 Å². The first-order valence-corrected chi connectivity index (χ1v) is 9.95. The lowest BCUT2D eigenvalue weighted by Crippen LogP contribution is -2.51. The molecule has 0 spiro atoms. The second-order valence-electron chi connectivity index (χ2n) is 6.46. The lowest BCUT2D eigenvalue weighted by Gasteiger charge is -2.30. The van der Waals surface area contributed by atoms with Gasteiger partial charge in [0.1, 0.15) is 5.92 Å². The van der Waals surface area contributed by atoms with Gasteiger partial charge in [0.25, 0.3) is 5.91 Å². The molecule has 2 atom stereocenters. The molecule has 30 heavy (non-hydrogen) atoms. The maximum atomic E-state index is 13.1. The zero-order valence-electron chi connectivity index (χ0n) is 15.1. The Kier molecular flexibility index (Phi) is 6.30. The molecule has 0 bridgehead atoms.